The molecule has 0 saturated heterocycles. The van der Waals surface area contributed by atoms with Gasteiger partial charge in [0, 0.05) is 0 Å². The second-order valence-corrected chi connectivity index (χ2v) is 7.22. The molecule has 23 heavy (non-hydrogen) atoms. The fourth-order valence-electron chi connectivity index (χ4n) is 3.82. The summed E-state index contributed by atoms with van der Waals surface area (Å²) in [6, 6.07) is 8.00. The van der Waals surface area contributed by atoms with Crippen molar-refractivity contribution in [3.05, 3.63) is 29.8 Å². The van der Waals surface area contributed by atoms with Gasteiger partial charge in [-0.15, -0.1) is 0 Å². The van der Waals surface area contributed by atoms with E-state index in [4.69, 9.17) is 4.74 Å². The number of benzene rings is 1. The lowest BCUT2D eigenvalue weighted by molar-refractivity contribution is -0.142. The number of carbonyl (C=O) groups excluding carboxylic acids is 1. The molecule has 128 valence electrons. The first-order chi connectivity index (χ1) is 11.1. The van der Waals surface area contributed by atoms with Gasteiger partial charge in [0.05, 0.1) is 5.92 Å². The molecule has 1 fully saturated rings. The molecule has 0 heterocycles. The molecule has 0 N–H and O–H groups in total. The van der Waals surface area contributed by atoms with Gasteiger partial charge in [0.15, 0.2) is 0 Å². The minimum atomic E-state index is -0.0327. The van der Waals surface area contributed by atoms with E-state index >= 15 is 0 Å². The first-order valence-electron chi connectivity index (χ1n) is 9.44. The van der Waals surface area contributed by atoms with E-state index in [1.165, 1.54) is 37.7 Å². The van der Waals surface area contributed by atoms with E-state index in [1.807, 2.05) is 12.1 Å². The van der Waals surface area contributed by atoms with Crippen molar-refractivity contribution in [2.45, 2.75) is 72.1 Å². The van der Waals surface area contributed by atoms with Crippen molar-refractivity contribution in [3.63, 3.8) is 0 Å². The highest BCUT2D eigenvalue weighted by atomic mass is 16.5. The Morgan fingerprint density at radius 2 is 1.87 bits per heavy atom. The highest BCUT2D eigenvalue weighted by Gasteiger charge is 2.33. The van der Waals surface area contributed by atoms with E-state index in [0.717, 1.165) is 25.2 Å². The largest absolute Gasteiger partial charge is 0.426 e. The Hall–Kier alpha value is -1.31. The molecule has 0 amide bonds. The summed E-state index contributed by atoms with van der Waals surface area (Å²) in [5, 5.41) is 0. The fraction of sp³-hybridized carbons (Fsp3) is 0.667. The van der Waals surface area contributed by atoms with Gasteiger partial charge < -0.3 is 4.74 Å². The number of aryl methyl sites for hydroxylation is 1. The maximum atomic E-state index is 12.5. The maximum Gasteiger partial charge on any atom is 0.314 e. The minimum Gasteiger partial charge on any atom is -0.426 e. The monoisotopic (exact) mass is 316 g/mol. The molecule has 1 aliphatic carbocycles. The van der Waals surface area contributed by atoms with E-state index in [2.05, 4.69) is 32.9 Å². The zero-order valence-electron chi connectivity index (χ0n) is 15.0. The van der Waals surface area contributed by atoms with Gasteiger partial charge >= 0.3 is 5.97 Å². The smallest absolute Gasteiger partial charge is 0.314 e. The Balaban J connectivity index is 1.85. The average Bonchev–Trinajstić information content (AvgIpc) is 2.55. The van der Waals surface area contributed by atoms with Crippen molar-refractivity contribution >= 4 is 5.97 Å². The predicted molar refractivity (Wildman–Crippen MR) is 95.6 cm³/mol. The highest BCUT2D eigenvalue weighted by molar-refractivity contribution is 5.75. The van der Waals surface area contributed by atoms with Crippen LogP contribution >= 0.6 is 0 Å². The molecule has 0 aromatic heterocycles. The molecule has 0 aliphatic heterocycles. The SMILES string of the molecule is CCCC[C@H]1CC[C@@H](C(=O)Oc2ccc(CCC)cc2)[C@H](C)C1. The molecule has 2 nitrogen and oxygen atoms in total. The summed E-state index contributed by atoms with van der Waals surface area (Å²) in [5.41, 5.74) is 1.30. The van der Waals surface area contributed by atoms with Gasteiger partial charge in [-0.3, -0.25) is 4.79 Å². The Morgan fingerprint density at radius 1 is 1.13 bits per heavy atom. The number of esters is 1. The zero-order chi connectivity index (χ0) is 16.7. The second-order valence-electron chi connectivity index (χ2n) is 7.22. The highest BCUT2D eigenvalue weighted by Crippen LogP contribution is 2.37. The van der Waals surface area contributed by atoms with E-state index in [-0.39, 0.29) is 11.9 Å². The van der Waals surface area contributed by atoms with Gasteiger partial charge in [0.2, 0.25) is 0 Å². The van der Waals surface area contributed by atoms with Crippen LogP contribution in [0.3, 0.4) is 0 Å². The number of hydrogen-bond donors (Lipinski definition) is 0. The molecule has 3 atom stereocenters. The summed E-state index contributed by atoms with van der Waals surface area (Å²) < 4.78 is 5.63. The summed E-state index contributed by atoms with van der Waals surface area (Å²) >= 11 is 0. The number of unbranched alkanes of at least 4 members (excludes halogenated alkanes) is 1. The van der Waals surface area contributed by atoms with Gasteiger partial charge in [-0.1, -0.05) is 58.6 Å². The number of hydrogen-bond acceptors (Lipinski definition) is 2. The lowest BCUT2D eigenvalue weighted by Gasteiger charge is -2.32. The molecule has 2 rings (SSSR count). The predicted octanol–water partition coefficient (Wildman–Crippen LogP) is 5.79. The van der Waals surface area contributed by atoms with Crippen molar-refractivity contribution in [1.29, 1.82) is 0 Å². The minimum absolute atomic E-state index is 0.0327. The Morgan fingerprint density at radius 3 is 2.48 bits per heavy atom. The van der Waals surface area contributed by atoms with Crippen LogP contribution < -0.4 is 4.74 Å². The summed E-state index contributed by atoms with van der Waals surface area (Å²) in [7, 11) is 0. The summed E-state index contributed by atoms with van der Waals surface area (Å²) in [6.07, 6.45) is 9.46. The molecule has 0 radical (unpaired) electrons. The van der Waals surface area contributed by atoms with Gasteiger partial charge in [0.25, 0.3) is 0 Å². The van der Waals surface area contributed by atoms with Gasteiger partial charge in [-0.05, 0) is 55.2 Å². The molecular weight excluding hydrogens is 284 g/mol. The molecule has 0 bridgehead atoms. The van der Waals surface area contributed by atoms with Crippen LogP contribution in [0.5, 0.6) is 5.75 Å². The van der Waals surface area contributed by atoms with Crippen LogP contribution in [0, 0.1) is 17.8 Å². The van der Waals surface area contributed by atoms with Crippen LogP contribution in [0.15, 0.2) is 24.3 Å². The lowest BCUT2D eigenvalue weighted by Crippen LogP contribution is -2.32. The molecule has 0 unspecified atom stereocenters. The first-order valence-corrected chi connectivity index (χ1v) is 9.44. The van der Waals surface area contributed by atoms with Gasteiger partial charge in [0.1, 0.15) is 5.75 Å². The Bertz CT molecular complexity index is 477. The van der Waals surface area contributed by atoms with E-state index in [9.17, 15) is 4.79 Å². The molecule has 1 aliphatic rings. The maximum absolute atomic E-state index is 12.5. The van der Waals surface area contributed by atoms with Crippen molar-refractivity contribution in [2.24, 2.45) is 17.8 Å². The normalized spacial score (nSPS) is 24.4. The molecule has 2 heteroatoms. The van der Waals surface area contributed by atoms with Crippen molar-refractivity contribution < 1.29 is 9.53 Å². The van der Waals surface area contributed by atoms with E-state index in [0.29, 0.717) is 11.7 Å². The zero-order valence-corrected chi connectivity index (χ0v) is 15.0. The summed E-state index contributed by atoms with van der Waals surface area (Å²) in [6.45, 7) is 6.64. The standard InChI is InChI=1S/C21H32O2/c1-4-6-8-18-11-14-20(16(3)15-18)21(22)23-19-12-9-17(7-5-2)10-13-19/h9-10,12-13,16,18,20H,4-8,11,14-15H2,1-3H3/t16-,18+,20-/m1/s1. The third-order valence-corrected chi connectivity index (χ3v) is 5.23. The fourth-order valence-corrected chi connectivity index (χ4v) is 3.82. The van der Waals surface area contributed by atoms with Gasteiger partial charge in [-0.25, -0.2) is 0 Å². The van der Waals surface area contributed by atoms with E-state index in [1.54, 1.807) is 0 Å². The third kappa shape index (κ3) is 5.37. The Labute approximate surface area is 141 Å². The topological polar surface area (TPSA) is 26.3 Å². The molecular formula is C21H32O2. The summed E-state index contributed by atoms with van der Waals surface area (Å²) in [5.74, 6) is 1.98. The first kappa shape index (κ1) is 18.0. The number of carbonyl (C=O) groups is 1. The molecule has 0 spiro atoms. The quantitative estimate of drug-likeness (QED) is 0.470. The van der Waals surface area contributed by atoms with Crippen LogP contribution in [0.25, 0.3) is 0 Å². The molecule has 1 saturated carbocycles. The molecule has 1 aromatic rings. The van der Waals surface area contributed by atoms with Crippen molar-refractivity contribution in [3.8, 4) is 5.75 Å². The van der Waals surface area contributed by atoms with Gasteiger partial charge in [-0.2, -0.15) is 0 Å². The van der Waals surface area contributed by atoms with Crippen molar-refractivity contribution in [1.82, 2.24) is 0 Å². The van der Waals surface area contributed by atoms with Crippen LogP contribution in [0.2, 0.25) is 0 Å². The summed E-state index contributed by atoms with van der Waals surface area (Å²) in [4.78, 5) is 12.5. The number of rotatable bonds is 7. The van der Waals surface area contributed by atoms with Crippen LogP contribution in [-0.4, -0.2) is 5.97 Å². The molecule has 1 aromatic carbocycles. The lowest BCUT2D eigenvalue weighted by atomic mass is 9.73. The third-order valence-electron chi connectivity index (χ3n) is 5.23. The van der Waals surface area contributed by atoms with Crippen LogP contribution in [0.4, 0.5) is 0 Å². The number of ether oxygens (including phenoxy) is 1. The van der Waals surface area contributed by atoms with Crippen LogP contribution in [-0.2, 0) is 11.2 Å². The van der Waals surface area contributed by atoms with E-state index < -0.39 is 0 Å². The second kappa shape index (κ2) is 9.10. The Kier molecular flexibility index (Phi) is 7.14. The van der Waals surface area contributed by atoms with Crippen LogP contribution in [0.1, 0.15) is 71.3 Å². The average molecular weight is 316 g/mol. The van der Waals surface area contributed by atoms with Crippen molar-refractivity contribution in [2.75, 3.05) is 0 Å².